The molecule has 1 heterocycles. The lowest BCUT2D eigenvalue weighted by Gasteiger charge is -2.24. The largest absolute Gasteiger partial charge is 0.351 e. The first-order valence-electron chi connectivity index (χ1n) is 9.07. The summed E-state index contributed by atoms with van der Waals surface area (Å²) in [7, 11) is -3.25. The van der Waals surface area contributed by atoms with Crippen LogP contribution in [-0.2, 0) is 22.9 Å². The van der Waals surface area contributed by atoms with Crippen LogP contribution in [0.4, 0.5) is 0 Å². The maximum Gasteiger partial charge on any atom is 0.252 e. The van der Waals surface area contributed by atoms with Gasteiger partial charge in [0.25, 0.3) is 5.91 Å². The van der Waals surface area contributed by atoms with Gasteiger partial charge in [-0.05, 0) is 43.7 Å². The van der Waals surface area contributed by atoms with E-state index in [-0.39, 0.29) is 24.7 Å². The van der Waals surface area contributed by atoms with Crippen LogP contribution in [0.25, 0.3) is 10.9 Å². The van der Waals surface area contributed by atoms with Gasteiger partial charge in [-0.1, -0.05) is 25.1 Å². The summed E-state index contributed by atoms with van der Waals surface area (Å²) in [6.07, 6.45) is 2.81. The number of carbonyl (C=O) groups excluding carboxylic acids is 1. The average molecular weight is 375 g/mol. The van der Waals surface area contributed by atoms with E-state index in [1.807, 2.05) is 24.3 Å². The van der Waals surface area contributed by atoms with E-state index in [1.165, 1.54) is 0 Å². The second kappa shape index (κ2) is 7.72. The number of nitrogens with zero attached hydrogens (tertiary/aromatic N) is 1. The molecule has 26 heavy (non-hydrogen) atoms. The number of pyridine rings is 1. The summed E-state index contributed by atoms with van der Waals surface area (Å²) in [6, 6.07) is 7.69. The lowest BCUT2D eigenvalue weighted by molar-refractivity contribution is 0.0954. The minimum absolute atomic E-state index is 0.0291. The number of amides is 1. The van der Waals surface area contributed by atoms with Crippen LogP contribution in [0.3, 0.4) is 0 Å². The molecule has 0 radical (unpaired) electrons. The Morgan fingerprint density at radius 1 is 1.27 bits per heavy atom. The summed E-state index contributed by atoms with van der Waals surface area (Å²) in [5.41, 5.74) is 3.57. The van der Waals surface area contributed by atoms with Gasteiger partial charge in [0.1, 0.15) is 0 Å². The molecule has 0 fully saturated rings. The highest BCUT2D eigenvalue weighted by atomic mass is 32.2. The van der Waals surface area contributed by atoms with Gasteiger partial charge in [-0.2, -0.15) is 0 Å². The highest BCUT2D eigenvalue weighted by molar-refractivity contribution is 7.89. The van der Waals surface area contributed by atoms with Crippen LogP contribution in [-0.4, -0.2) is 38.2 Å². The number of hydrogen-bond donors (Lipinski definition) is 2. The van der Waals surface area contributed by atoms with Crippen molar-refractivity contribution in [1.82, 2.24) is 15.0 Å². The molecular weight excluding hydrogens is 350 g/mol. The Kier molecular flexibility index (Phi) is 5.58. The third kappa shape index (κ3) is 4.04. The topological polar surface area (TPSA) is 88.2 Å². The summed E-state index contributed by atoms with van der Waals surface area (Å²) in [4.78, 5) is 17.7. The van der Waals surface area contributed by atoms with E-state index in [4.69, 9.17) is 4.98 Å². The van der Waals surface area contributed by atoms with Gasteiger partial charge in [0.15, 0.2) is 0 Å². The molecule has 1 aliphatic carbocycles. The van der Waals surface area contributed by atoms with Gasteiger partial charge in [0.05, 0.1) is 16.8 Å². The molecule has 7 heteroatoms. The number of benzene rings is 1. The molecule has 1 amide bonds. The SMILES string of the molecule is CCS(=O)(=O)NCCNC(=O)c1c2c(nc3ccccc13)CCC(C)C2. The zero-order chi connectivity index (χ0) is 18.7. The highest BCUT2D eigenvalue weighted by Gasteiger charge is 2.25. The lowest BCUT2D eigenvalue weighted by Crippen LogP contribution is -2.36. The summed E-state index contributed by atoms with van der Waals surface area (Å²) >= 11 is 0. The molecule has 0 spiro atoms. The van der Waals surface area contributed by atoms with E-state index in [0.717, 1.165) is 41.4 Å². The third-order valence-corrected chi connectivity index (χ3v) is 6.25. The zero-order valence-corrected chi connectivity index (χ0v) is 16.0. The quantitative estimate of drug-likeness (QED) is 0.756. The first-order valence-corrected chi connectivity index (χ1v) is 10.7. The molecule has 1 aromatic heterocycles. The Labute approximate surface area is 154 Å². The maximum absolute atomic E-state index is 12.9. The zero-order valence-electron chi connectivity index (χ0n) is 15.2. The van der Waals surface area contributed by atoms with Crippen molar-refractivity contribution in [2.75, 3.05) is 18.8 Å². The van der Waals surface area contributed by atoms with Gasteiger partial charge in [0.2, 0.25) is 10.0 Å². The fourth-order valence-electron chi connectivity index (χ4n) is 3.39. The molecule has 0 saturated carbocycles. The van der Waals surface area contributed by atoms with Crippen LogP contribution in [0.1, 0.15) is 41.9 Å². The van der Waals surface area contributed by atoms with Crippen LogP contribution >= 0.6 is 0 Å². The van der Waals surface area contributed by atoms with Crippen LogP contribution in [0.5, 0.6) is 0 Å². The molecule has 1 unspecified atom stereocenters. The minimum Gasteiger partial charge on any atom is -0.351 e. The number of aromatic nitrogens is 1. The Morgan fingerprint density at radius 2 is 2.04 bits per heavy atom. The monoisotopic (exact) mass is 375 g/mol. The van der Waals surface area contributed by atoms with Gasteiger partial charge in [-0.25, -0.2) is 13.1 Å². The number of sulfonamides is 1. The number of carbonyl (C=O) groups is 1. The molecule has 140 valence electrons. The summed E-state index contributed by atoms with van der Waals surface area (Å²) in [6.45, 7) is 4.21. The van der Waals surface area contributed by atoms with Gasteiger partial charge in [-0.3, -0.25) is 9.78 Å². The predicted octanol–water partition coefficient (Wildman–Crippen LogP) is 2.03. The van der Waals surface area contributed by atoms with Crippen molar-refractivity contribution >= 4 is 26.8 Å². The Balaban J connectivity index is 1.86. The fourth-order valence-corrected chi connectivity index (χ4v) is 4.01. The molecule has 2 N–H and O–H groups in total. The fraction of sp³-hybridized carbons (Fsp3) is 0.474. The first kappa shape index (κ1) is 18.8. The first-order chi connectivity index (χ1) is 12.4. The van der Waals surface area contributed by atoms with E-state index in [0.29, 0.717) is 11.5 Å². The minimum atomic E-state index is -3.25. The van der Waals surface area contributed by atoms with Gasteiger partial charge < -0.3 is 5.32 Å². The summed E-state index contributed by atoms with van der Waals surface area (Å²) in [5.74, 6) is 0.388. The second-order valence-corrected chi connectivity index (χ2v) is 8.93. The van der Waals surface area contributed by atoms with Crippen molar-refractivity contribution in [3.8, 4) is 0 Å². The molecule has 1 aromatic carbocycles. The van der Waals surface area contributed by atoms with Crippen LogP contribution < -0.4 is 10.0 Å². The number of para-hydroxylation sites is 1. The molecule has 0 bridgehead atoms. The maximum atomic E-state index is 12.9. The Morgan fingerprint density at radius 3 is 2.81 bits per heavy atom. The second-order valence-electron chi connectivity index (χ2n) is 6.83. The van der Waals surface area contributed by atoms with Crippen molar-refractivity contribution in [1.29, 1.82) is 0 Å². The molecule has 1 aliphatic rings. The number of nitrogens with one attached hydrogen (secondary N) is 2. The van der Waals surface area contributed by atoms with E-state index < -0.39 is 10.0 Å². The van der Waals surface area contributed by atoms with E-state index in [1.54, 1.807) is 6.92 Å². The normalized spacial score (nSPS) is 17.1. The smallest absolute Gasteiger partial charge is 0.252 e. The van der Waals surface area contributed by atoms with Crippen LogP contribution in [0, 0.1) is 5.92 Å². The van der Waals surface area contributed by atoms with Gasteiger partial charge >= 0.3 is 0 Å². The van der Waals surface area contributed by atoms with Crippen LogP contribution in [0.15, 0.2) is 24.3 Å². The van der Waals surface area contributed by atoms with Gasteiger partial charge in [-0.15, -0.1) is 0 Å². The highest BCUT2D eigenvalue weighted by Crippen LogP contribution is 2.31. The number of hydrogen-bond acceptors (Lipinski definition) is 4. The van der Waals surface area contributed by atoms with Crippen molar-refractivity contribution in [2.24, 2.45) is 5.92 Å². The Hall–Kier alpha value is -1.99. The van der Waals surface area contributed by atoms with Gasteiger partial charge in [0, 0.05) is 24.2 Å². The van der Waals surface area contributed by atoms with Crippen molar-refractivity contribution in [2.45, 2.75) is 33.1 Å². The molecule has 3 rings (SSSR count). The molecular formula is C19H25N3O3S. The van der Waals surface area contributed by atoms with E-state index in [2.05, 4.69) is 17.0 Å². The predicted molar refractivity (Wildman–Crippen MR) is 103 cm³/mol. The molecule has 6 nitrogen and oxygen atoms in total. The average Bonchev–Trinajstić information content (AvgIpc) is 2.63. The summed E-state index contributed by atoms with van der Waals surface area (Å²) in [5, 5.41) is 3.71. The lowest BCUT2D eigenvalue weighted by atomic mass is 9.84. The third-order valence-electron chi connectivity index (χ3n) is 4.85. The molecule has 1 atom stereocenters. The number of rotatable bonds is 6. The number of aryl methyl sites for hydroxylation is 1. The summed E-state index contributed by atoms with van der Waals surface area (Å²) < 4.78 is 25.4. The molecule has 2 aromatic rings. The van der Waals surface area contributed by atoms with Crippen molar-refractivity contribution in [3.63, 3.8) is 0 Å². The number of fused-ring (bicyclic) bond motifs is 2. The Bertz CT molecular complexity index is 925. The standard InChI is InChI=1S/C19H25N3O3S/c1-3-26(24,25)21-11-10-20-19(23)18-14-6-4-5-7-16(14)22-17-9-8-13(2)12-15(17)18/h4-7,13,21H,3,8-12H2,1-2H3,(H,20,23). The van der Waals surface area contributed by atoms with Crippen LogP contribution in [0.2, 0.25) is 0 Å². The van der Waals surface area contributed by atoms with E-state index in [9.17, 15) is 13.2 Å². The van der Waals surface area contributed by atoms with Crippen molar-refractivity contribution < 1.29 is 13.2 Å². The van der Waals surface area contributed by atoms with Crippen molar-refractivity contribution in [3.05, 3.63) is 41.1 Å². The molecule has 0 saturated heterocycles. The molecule has 0 aliphatic heterocycles. The van der Waals surface area contributed by atoms with E-state index >= 15 is 0 Å².